The van der Waals surface area contributed by atoms with Gasteiger partial charge in [-0.2, -0.15) is 0 Å². The quantitative estimate of drug-likeness (QED) is 0.648. The number of rotatable bonds is 10. The maximum Gasteiger partial charge on any atom is 0.123 e. The van der Waals surface area contributed by atoms with Crippen molar-refractivity contribution in [3.63, 3.8) is 0 Å². The minimum Gasteiger partial charge on any atom is -0.372 e. The summed E-state index contributed by atoms with van der Waals surface area (Å²) in [5, 5.41) is 3.48. The molecule has 0 amide bonds. The molecule has 0 aromatic heterocycles. The molecule has 1 aromatic carbocycles. The van der Waals surface area contributed by atoms with Crippen molar-refractivity contribution in [1.82, 2.24) is 5.32 Å². The summed E-state index contributed by atoms with van der Waals surface area (Å²) in [5.74, 6) is -0.187. The molecule has 1 aliphatic rings. The molecule has 0 aliphatic heterocycles. The molecular formula is C17H26FNO. The molecule has 2 nitrogen and oxygen atoms in total. The predicted octanol–water partition coefficient (Wildman–Crippen LogP) is 4.22. The summed E-state index contributed by atoms with van der Waals surface area (Å²) in [4.78, 5) is 0. The van der Waals surface area contributed by atoms with Crippen molar-refractivity contribution in [2.24, 2.45) is 0 Å². The highest BCUT2D eigenvalue weighted by molar-refractivity contribution is 5.19. The minimum atomic E-state index is -0.187. The van der Waals surface area contributed by atoms with Crippen LogP contribution in [0, 0.1) is 5.82 Å². The van der Waals surface area contributed by atoms with Gasteiger partial charge in [-0.25, -0.2) is 4.39 Å². The number of hydrogen-bond acceptors (Lipinski definition) is 2. The topological polar surface area (TPSA) is 21.3 Å². The Bertz CT molecular complexity index is 392. The van der Waals surface area contributed by atoms with E-state index in [1.807, 2.05) is 6.07 Å². The molecule has 2 rings (SSSR count). The molecule has 3 heteroatoms. The average molecular weight is 279 g/mol. The number of halogens is 1. The third-order valence-corrected chi connectivity index (χ3v) is 3.71. The van der Waals surface area contributed by atoms with E-state index in [-0.39, 0.29) is 11.9 Å². The molecule has 1 fully saturated rings. The van der Waals surface area contributed by atoms with Gasteiger partial charge in [-0.05, 0) is 37.0 Å². The Hall–Kier alpha value is -0.930. The van der Waals surface area contributed by atoms with Crippen LogP contribution in [0.5, 0.6) is 0 Å². The normalized spacial score (nSPS) is 16.3. The van der Waals surface area contributed by atoms with Gasteiger partial charge in [-0.1, -0.05) is 38.3 Å². The zero-order valence-electron chi connectivity index (χ0n) is 12.4. The molecule has 20 heavy (non-hydrogen) atoms. The van der Waals surface area contributed by atoms with Crippen LogP contribution >= 0.6 is 0 Å². The molecule has 1 N–H and O–H groups in total. The highest BCUT2D eigenvalue weighted by atomic mass is 19.1. The lowest BCUT2D eigenvalue weighted by molar-refractivity contribution is 0.0494. The Balaban J connectivity index is 1.82. The first-order valence-corrected chi connectivity index (χ1v) is 7.90. The van der Waals surface area contributed by atoms with Crippen LogP contribution in [0.1, 0.15) is 57.1 Å². The lowest BCUT2D eigenvalue weighted by Crippen LogP contribution is -2.25. The van der Waals surface area contributed by atoms with Gasteiger partial charge < -0.3 is 10.1 Å². The van der Waals surface area contributed by atoms with Crippen LogP contribution in [0.15, 0.2) is 24.3 Å². The summed E-state index contributed by atoms with van der Waals surface area (Å²) in [7, 11) is 0. The summed E-state index contributed by atoms with van der Waals surface area (Å²) >= 11 is 0. The summed E-state index contributed by atoms with van der Waals surface area (Å²) in [6.07, 6.45) is 7.27. The zero-order valence-corrected chi connectivity index (χ0v) is 12.4. The number of hydrogen-bond donors (Lipinski definition) is 1. The first kappa shape index (κ1) is 15.5. The first-order valence-electron chi connectivity index (χ1n) is 7.90. The van der Waals surface area contributed by atoms with Gasteiger partial charge in [0, 0.05) is 19.2 Å². The molecule has 0 spiro atoms. The van der Waals surface area contributed by atoms with Crippen LogP contribution in [0.2, 0.25) is 0 Å². The van der Waals surface area contributed by atoms with E-state index < -0.39 is 0 Å². The molecular weight excluding hydrogens is 253 g/mol. The van der Waals surface area contributed by atoms with E-state index in [0.29, 0.717) is 6.04 Å². The van der Waals surface area contributed by atoms with Gasteiger partial charge in [-0.3, -0.25) is 0 Å². The average Bonchev–Trinajstić information content (AvgIpc) is 3.26. The van der Waals surface area contributed by atoms with E-state index in [9.17, 15) is 4.39 Å². The molecule has 0 radical (unpaired) electrons. The summed E-state index contributed by atoms with van der Waals surface area (Å²) in [6, 6.07) is 7.43. The van der Waals surface area contributed by atoms with Crippen molar-refractivity contribution < 1.29 is 9.13 Å². The van der Waals surface area contributed by atoms with E-state index in [1.54, 1.807) is 12.1 Å². The largest absolute Gasteiger partial charge is 0.372 e. The first-order chi connectivity index (χ1) is 9.79. The molecule has 0 heterocycles. The standard InChI is InChI=1S/C17H26FNO/c1-2-3-4-5-11-20-17(13-19-16-9-10-16)14-7-6-8-15(18)12-14/h6-8,12,16-17,19H,2-5,9-11,13H2,1H3. The van der Waals surface area contributed by atoms with Gasteiger partial charge in [0.25, 0.3) is 0 Å². The molecule has 1 aromatic rings. The van der Waals surface area contributed by atoms with Gasteiger partial charge in [0.2, 0.25) is 0 Å². The lowest BCUT2D eigenvalue weighted by Gasteiger charge is -2.19. The molecule has 0 bridgehead atoms. The molecule has 1 atom stereocenters. The van der Waals surface area contributed by atoms with Crippen LogP contribution in [0.4, 0.5) is 4.39 Å². The highest BCUT2D eigenvalue weighted by Gasteiger charge is 2.22. The van der Waals surface area contributed by atoms with Gasteiger partial charge >= 0.3 is 0 Å². The van der Waals surface area contributed by atoms with Gasteiger partial charge in [0.1, 0.15) is 5.82 Å². The second kappa shape index (κ2) is 8.38. The molecule has 1 saturated carbocycles. The number of nitrogens with one attached hydrogen (secondary N) is 1. The second-order valence-corrected chi connectivity index (χ2v) is 5.66. The smallest absolute Gasteiger partial charge is 0.123 e. The van der Waals surface area contributed by atoms with Gasteiger partial charge in [0.15, 0.2) is 0 Å². The fourth-order valence-electron chi connectivity index (χ4n) is 2.30. The van der Waals surface area contributed by atoms with Crippen LogP contribution in [-0.4, -0.2) is 19.2 Å². The number of benzene rings is 1. The van der Waals surface area contributed by atoms with Crippen LogP contribution < -0.4 is 5.32 Å². The van der Waals surface area contributed by atoms with Crippen molar-refractivity contribution in [2.45, 2.75) is 57.6 Å². The van der Waals surface area contributed by atoms with Crippen molar-refractivity contribution in [3.8, 4) is 0 Å². The third kappa shape index (κ3) is 5.59. The van der Waals surface area contributed by atoms with Crippen LogP contribution in [-0.2, 0) is 4.74 Å². The maximum atomic E-state index is 13.4. The van der Waals surface area contributed by atoms with E-state index in [1.165, 1.54) is 38.2 Å². The SMILES string of the molecule is CCCCCCOC(CNC1CC1)c1cccc(F)c1. The van der Waals surface area contributed by atoms with E-state index in [2.05, 4.69) is 12.2 Å². The second-order valence-electron chi connectivity index (χ2n) is 5.66. The zero-order chi connectivity index (χ0) is 14.2. The monoisotopic (exact) mass is 279 g/mol. The Morgan fingerprint density at radius 2 is 2.15 bits per heavy atom. The molecule has 1 aliphatic carbocycles. The molecule has 0 saturated heterocycles. The van der Waals surface area contributed by atoms with Crippen molar-refractivity contribution in [2.75, 3.05) is 13.2 Å². The fourth-order valence-corrected chi connectivity index (χ4v) is 2.30. The number of ether oxygens (including phenoxy) is 1. The van der Waals surface area contributed by atoms with Crippen LogP contribution in [0.25, 0.3) is 0 Å². The maximum absolute atomic E-state index is 13.4. The third-order valence-electron chi connectivity index (χ3n) is 3.71. The fraction of sp³-hybridized carbons (Fsp3) is 0.647. The van der Waals surface area contributed by atoms with Gasteiger partial charge in [0.05, 0.1) is 6.10 Å². The van der Waals surface area contributed by atoms with Crippen molar-refractivity contribution in [1.29, 1.82) is 0 Å². The number of unbranched alkanes of at least 4 members (excludes halogenated alkanes) is 3. The summed E-state index contributed by atoms with van der Waals surface area (Å²) in [5.41, 5.74) is 0.939. The minimum absolute atomic E-state index is 0.0343. The Morgan fingerprint density at radius 1 is 1.30 bits per heavy atom. The highest BCUT2D eigenvalue weighted by Crippen LogP contribution is 2.23. The summed E-state index contributed by atoms with van der Waals surface area (Å²) < 4.78 is 19.3. The van der Waals surface area contributed by atoms with Gasteiger partial charge in [-0.15, -0.1) is 0 Å². The predicted molar refractivity (Wildman–Crippen MR) is 80.3 cm³/mol. The van der Waals surface area contributed by atoms with E-state index in [4.69, 9.17) is 4.74 Å². The van der Waals surface area contributed by atoms with E-state index >= 15 is 0 Å². The summed E-state index contributed by atoms with van der Waals surface area (Å²) in [6.45, 7) is 3.74. The van der Waals surface area contributed by atoms with Crippen molar-refractivity contribution >= 4 is 0 Å². The van der Waals surface area contributed by atoms with Crippen molar-refractivity contribution in [3.05, 3.63) is 35.6 Å². The van der Waals surface area contributed by atoms with Crippen LogP contribution in [0.3, 0.4) is 0 Å². The Labute approximate surface area is 121 Å². The molecule has 1 unspecified atom stereocenters. The Morgan fingerprint density at radius 3 is 2.85 bits per heavy atom. The lowest BCUT2D eigenvalue weighted by atomic mass is 10.1. The Kier molecular flexibility index (Phi) is 6.48. The molecule has 112 valence electrons. The van der Waals surface area contributed by atoms with E-state index in [0.717, 1.165) is 25.1 Å².